The number of methoxy groups -OCH3 is 1. The molecule has 0 aliphatic carbocycles. The molecule has 0 unspecified atom stereocenters. The van der Waals surface area contributed by atoms with Crippen LogP contribution in [0.4, 0.5) is 5.69 Å². The minimum atomic E-state index is -3.87. The molecule has 10 heteroatoms. The summed E-state index contributed by atoms with van der Waals surface area (Å²) in [5, 5.41) is 9.80. The number of aryl methyl sites for hydroxylation is 1. The van der Waals surface area contributed by atoms with Crippen LogP contribution in [0.1, 0.15) is 16.8 Å². The molecule has 0 bridgehead atoms. The average Bonchev–Trinajstić information content (AvgIpc) is 3.24. The Hall–Kier alpha value is -3.34. The van der Waals surface area contributed by atoms with Crippen molar-refractivity contribution in [2.24, 2.45) is 7.05 Å². The molecule has 198 valence electrons. The number of imidazole rings is 1. The number of benzene rings is 3. The molecule has 0 spiro atoms. The van der Waals surface area contributed by atoms with E-state index >= 15 is 0 Å². The van der Waals surface area contributed by atoms with Gasteiger partial charge in [-0.25, -0.2) is 13.4 Å². The molecular formula is C28H29BrN4O4S. The van der Waals surface area contributed by atoms with Crippen LogP contribution in [0, 0.1) is 0 Å². The summed E-state index contributed by atoms with van der Waals surface area (Å²) in [7, 11) is -0.360. The largest absolute Gasteiger partial charge is 0.508 e. The lowest BCUT2D eigenvalue weighted by atomic mass is 10.1. The van der Waals surface area contributed by atoms with Crippen LogP contribution < -0.4 is 9.64 Å². The molecule has 4 aromatic rings. The standard InChI is InChI=1S/C28H29BrN4O4S/c1-31-19-30-15-24(31)18-32-17-23(13-20-3-6-25(34)7-4-20)33(16-21-14-22(29)5-12-28(21)32)38(35,36)27-10-8-26(37-2)9-11-27/h3-12,14-15,19,23,34H,13,16-18H2,1-2H3/t23-/m1/s1. The highest BCUT2D eigenvalue weighted by Crippen LogP contribution is 2.35. The van der Waals surface area contributed by atoms with Crippen molar-refractivity contribution in [2.45, 2.75) is 30.4 Å². The number of hydrogen-bond acceptors (Lipinski definition) is 6. The Morgan fingerprint density at radius 1 is 1.08 bits per heavy atom. The van der Waals surface area contributed by atoms with Crippen LogP contribution in [0.25, 0.3) is 0 Å². The van der Waals surface area contributed by atoms with Crippen molar-refractivity contribution < 1.29 is 18.3 Å². The predicted molar refractivity (Wildman–Crippen MR) is 150 cm³/mol. The lowest BCUT2D eigenvalue weighted by Crippen LogP contribution is -2.45. The van der Waals surface area contributed by atoms with Gasteiger partial charge in [-0.2, -0.15) is 4.31 Å². The molecule has 38 heavy (non-hydrogen) atoms. The zero-order valence-corrected chi connectivity index (χ0v) is 23.6. The van der Waals surface area contributed by atoms with Crippen LogP contribution in [0.2, 0.25) is 0 Å². The molecule has 8 nitrogen and oxygen atoms in total. The van der Waals surface area contributed by atoms with E-state index < -0.39 is 10.0 Å². The Labute approximate surface area is 231 Å². The van der Waals surface area contributed by atoms with Gasteiger partial charge < -0.3 is 19.3 Å². The van der Waals surface area contributed by atoms with E-state index in [4.69, 9.17) is 4.74 Å². The Bertz CT molecular complexity index is 1520. The van der Waals surface area contributed by atoms with Crippen molar-refractivity contribution >= 4 is 31.6 Å². The third kappa shape index (κ3) is 5.43. The fourth-order valence-corrected chi connectivity index (χ4v) is 6.85. The number of phenolic OH excluding ortho intramolecular Hbond substituents is 1. The van der Waals surface area contributed by atoms with E-state index in [1.807, 2.05) is 48.1 Å². The quantitative estimate of drug-likeness (QED) is 0.332. The summed E-state index contributed by atoms with van der Waals surface area (Å²) in [5.74, 6) is 0.768. The Balaban J connectivity index is 1.60. The molecule has 0 radical (unpaired) electrons. The summed E-state index contributed by atoms with van der Waals surface area (Å²) < 4.78 is 38.0. The second-order valence-corrected chi connectivity index (χ2v) is 12.2. The average molecular weight is 598 g/mol. The maximum absolute atomic E-state index is 14.2. The van der Waals surface area contributed by atoms with E-state index in [2.05, 4.69) is 25.8 Å². The van der Waals surface area contributed by atoms with Crippen LogP contribution in [0.3, 0.4) is 0 Å². The van der Waals surface area contributed by atoms with E-state index in [-0.39, 0.29) is 23.2 Å². The number of sulfonamides is 1. The van der Waals surface area contributed by atoms with Gasteiger partial charge >= 0.3 is 0 Å². The highest BCUT2D eigenvalue weighted by Gasteiger charge is 2.36. The van der Waals surface area contributed by atoms with Gasteiger partial charge in [0.2, 0.25) is 10.0 Å². The maximum atomic E-state index is 14.2. The molecule has 1 atom stereocenters. The molecule has 3 aromatic carbocycles. The number of halogens is 1. The van der Waals surface area contributed by atoms with Gasteiger partial charge in [-0.05, 0) is 72.1 Å². The molecule has 2 heterocycles. The normalized spacial score (nSPS) is 16.2. The molecule has 0 saturated heterocycles. The Morgan fingerprint density at radius 3 is 2.47 bits per heavy atom. The van der Waals surface area contributed by atoms with Gasteiger partial charge in [0.05, 0.1) is 30.6 Å². The van der Waals surface area contributed by atoms with Crippen molar-refractivity contribution in [2.75, 3.05) is 18.6 Å². The number of nitrogens with zero attached hydrogens (tertiary/aromatic N) is 4. The lowest BCUT2D eigenvalue weighted by molar-refractivity contribution is 0.317. The minimum absolute atomic E-state index is 0.174. The lowest BCUT2D eigenvalue weighted by Gasteiger charge is -2.32. The zero-order chi connectivity index (χ0) is 26.9. The van der Waals surface area contributed by atoms with Crippen molar-refractivity contribution in [1.82, 2.24) is 13.9 Å². The molecule has 0 fully saturated rings. The van der Waals surface area contributed by atoms with Gasteiger partial charge in [0, 0.05) is 42.5 Å². The second kappa shape index (κ2) is 10.8. The molecule has 1 aliphatic heterocycles. The topological polar surface area (TPSA) is 87.9 Å². The molecule has 0 amide bonds. The first kappa shape index (κ1) is 26.3. The van der Waals surface area contributed by atoms with E-state index in [0.29, 0.717) is 25.3 Å². The fourth-order valence-electron chi connectivity index (χ4n) is 4.85. The first-order chi connectivity index (χ1) is 18.2. The highest BCUT2D eigenvalue weighted by molar-refractivity contribution is 9.10. The van der Waals surface area contributed by atoms with Crippen LogP contribution in [0.15, 0.2) is 88.6 Å². The SMILES string of the molecule is COc1ccc(S(=O)(=O)N2Cc3cc(Br)ccc3N(Cc3cncn3C)C[C@H]2Cc2ccc(O)cc2)cc1. The van der Waals surface area contributed by atoms with Gasteiger partial charge in [0.15, 0.2) is 0 Å². The Kier molecular flexibility index (Phi) is 7.47. The molecule has 1 N–H and O–H groups in total. The maximum Gasteiger partial charge on any atom is 0.243 e. The molecular weight excluding hydrogens is 568 g/mol. The van der Waals surface area contributed by atoms with E-state index in [1.165, 1.54) is 0 Å². The van der Waals surface area contributed by atoms with Crippen LogP contribution >= 0.6 is 15.9 Å². The third-order valence-electron chi connectivity index (χ3n) is 6.89. The minimum Gasteiger partial charge on any atom is -0.508 e. The van der Waals surface area contributed by atoms with Crippen molar-refractivity contribution in [3.8, 4) is 11.5 Å². The van der Waals surface area contributed by atoms with E-state index in [0.717, 1.165) is 27.0 Å². The Morgan fingerprint density at radius 2 is 1.82 bits per heavy atom. The van der Waals surface area contributed by atoms with E-state index in [9.17, 15) is 13.5 Å². The summed E-state index contributed by atoms with van der Waals surface area (Å²) in [6, 6.07) is 19.1. The smallest absolute Gasteiger partial charge is 0.243 e. The highest BCUT2D eigenvalue weighted by atomic mass is 79.9. The second-order valence-electron chi connectivity index (χ2n) is 9.40. The molecule has 0 saturated carbocycles. The van der Waals surface area contributed by atoms with Gasteiger partial charge in [-0.1, -0.05) is 28.1 Å². The first-order valence-electron chi connectivity index (χ1n) is 12.2. The monoisotopic (exact) mass is 596 g/mol. The summed E-state index contributed by atoms with van der Waals surface area (Å²) in [6.45, 7) is 1.26. The number of ether oxygens (including phenoxy) is 1. The molecule has 5 rings (SSSR count). The third-order valence-corrected chi connectivity index (χ3v) is 9.30. The fraction of sp³-hybridized carbons (Fsp3) is 0.250. The van der Waals surface area contributed by atoms with Crippen molar-refractivity contribution in [3.05, 3.63) is 101 Å². The first-order valence-corrected chi connectivity index (χ1v) is 14.4. The van der Waals surface area contributed by atoms with Crippen molar-refractivity contribution in [1.29, 1.82) is 0 Å². The summed E-state index contributed by atoms with van der Waals surface area (Å²) >= 11 is 3.58. The number of rotatable bonds is 7. The van der Waals surface area contributed by atoms with Gasteiger partial charge in [0.1, 0.15) is 11.5 Å². The van der Waals surface area contributed by atoms with Gasteiger partial charge in [0.25, 0.3) is 0 Å². The number of aromatic hydroxyl groups is 1. The van der Waals surface area contributed by atoms with Crippen molar-refractivity contribution in [3.63, 3.8) is 0 Å². The summed E-state index contributed by atoms with van der Waals surface area (Å²) in [5.41, 5.74) is 3.86. The van der Waals surface area contributed by atoms with Gasteiger partial charge in [-0.3, -0.25) is 0 Å². The predicted octanol–water partition coefficient (Wildman–Crippen LogP) is 4.72. The molecule has 1 aromatic heterocycles. The van der Waals surface area contributed by atoms with E-state index in [1.54, 1.807) is 54.1 Å². The van der Waals surface area contributed by atoms with Crippen LogP contribution in [0.5, 0.6) is 11.5 Å². The zero-order valence-electron chi connectivity index (χ0n) is 21.2. The number of aromatic nitrogens is 2. The van der Waals surface area contributed by atoms with Crippen LogP contribution in [-0.2, 0) is 36.6 Å². The number of anilines is 1. The van der Waals surface area contributed by atoms with Crippen LogP contribution in [-0.4, -0.2) is 47.1 Å². The molecule has 1 aliphatic rings. The number of phenols is 1. The summed E-state index contributed by atoms with van der Waals surface area (Å²) in [6.07, 6.45) is 4.08. The number of hydrogen-bond donors (Lipinski definition) is 1. The number of fused-ring (bicyclic) bond motifs is 1. The summed E-state index contributed by atoms with van der Waals surface area (Å²) in [4.78, 5) is 6.72. The van der Waals surface area contributed by atoms with Gasteiger partial charge in [-0.15, -0.1) is 0 Å².